The van der Waals surface area contributed by atoms with Crippen LogP contribution in [0.4, 0.5) is 14.9 Å². The van der Waals surface area contributed by atoms with Gasteiger partial charge in [-0.25, -0.2) is 14.0 Å². The second kappa shape index (κ2) is 7.67. The molecule has 0 atom stereocenters. The number of ether oxygens (including phenoxy) is 1. The minimum atomic E-state index is -1.30. The Hall–Kier alpha value is -3.19. The van der Waals surface area contributed by atoms with Gasteiger partial charge in [-0.3, -0.25) is 5.32 Å². The molecule has 1 aliphatic rings. The Kier molecular flexibility index (Phi) is 5.07. The van der Waals surface area contributed by atoms with Crippen LogP contribution in [0.2, 0.25) is 0 Å². The molecule has 7 heteroatoms. The van der Waals surface area contributed by atoms with Crippen molar-refractivity contribution in [3.05, 3.63) is 87.6 Å². The summed E-state index contributed by atoms with van der Waals surface area (Å²) in [7, 11) is 0. The van der Waals surface area contributed by atoms with Gasteiger partial charge < -0.3 is 9.84 Å². The van der Waals surface area contributed by atoms with Crippen molar-refractivity contribution in [1.29, 1.82) is 0 Å². The smallest absolute Gasteiger partial charge is 0.411 e. The number of carbonyl (C=O) groups excluding carboxylic acids is 1. The highest BCUT2D eigenvalue weighted by Crippen LogP contribution is 2.44. The monoisotopic (exact) mass is 455 g/mol. The maximum atomic E-state index is 13.9. The Morgan fingerprint density at radius 3 is 2.21 bits per heavy atom. The number of halogens is 2. The molecule has 0 spiro atoms. The number of aromatic carboxylic acids is 1. The predicted molar refractivity (Wildman–Crippen MR) is 110 cm³/mol. The fourth-order valence-corrected chi connectivity index (χ4v) is 3.88. The van der Waals surface area contributed by atoms with Crippen LogP contribution in [0, 0.1) is 5.82 Å². The summed E-state index contributed by atoms with van der Waals surface area (Å²) >= 11 is 3.01. The summed E-state index contributed by atoms with van der Waals surface area (Å²) in [5.74, 6) is -2.20. The molecule has 0 saturated heterocycles. The van der Waals surface area contributed by atoms with Gasteiger partial charge in [-0.05, 0) is 50.3 Å². The molecular weight excluding hydrogens is 441 g/mol. The summed E-state index contributed by atoms with van der Waals surface area (Å²) in [6.07, 6.45) is -0.797. The van der Waals surface area contributed by atoms with Gasteiger partial charge in [0.1, 0.15) is 12.4 Å². The second-order valence-corrected chi connectivity index (χ2v) is 7.37. The molecule has 0 unspecified atom stereocenters. The molecule has 3 aromatic rings. The maximum Gasteiger partial charge on any atom is 0.411 e. The molecule has 146 valence electrons. The van der Waals surface area contributed by atoms with Crippen LogP contribution in [0.15, 0.2) is 65.1 Å². The number of nitrogens with one attached hydrogen (secondary N) is 1. The minimum absolute atomic E-state index is 0.0142. The zero-order chi connectivity index (χ0) is 20.5. The van der Waals surface area contributed by atoms with E-state index in [1.807, 2.05) is 48.5 Å². The third-order valence-electron chi connectivity index (χ3n) is 4.86. The molecule has 0 bridgehead atoms. The van der Waals surface area contributed by atoms with Crippen LogP contribution in [-0.2, 0) is 4.74 Å². The molecular formula is C22H15BrFNO4. The lowest BCUT2D eigenvalue weighted by molar-refractivity contribution is 0.0696. The van der Waals surface area contributed by atoms with Crippen molar-refractivity contribution in [2.75, 3.05) is 11.9 Å². The first-order chi connectivity index (χ1) is 14.0. The minimum Gasteiger partial charge on any atom is -0.478 e. The van der Waals surface area contributed by atoms with Crippen LogP contribution in [0.5, 0.6) is 0 Å². The number of fused-ring (bicyclic) bond motifs is 3. The Balaban J connectivity index is 1.52. The number of benzene rings is 3. The Morgan fingerprint density at radius 2 is 1.62 bits per heavy atom. The quantitative estimate of drug-likeness (QED) is 0.532. The molecule has 0 aliphatic heterocycles. The van der Waals surface area contributed by atoms with Crippen LogP contribution in [0.1, 0.15) is 27.4 Å². The summed E-state index contributed by atoms with van der Waals surface area (Å²) in [6.45, 7) is 0.0958. The first kappa shape index (κ1) is 19.1. The predicted octanol–water partition coefficient (Wildman–Crippen LogP) is 5.65. The first-order valence-corrected chi connectivity index (χ1v) is 9.59. The third kappa shape index (κ3) is 3.61. The summed E-state index contributed by atoms with van der Waals surface area (Å²) in [5.41, 5.74) is 4.06. The fourth-order valence-electron chi connectivity index (χ4n) is 3.55. The zero-order valence-electron chi connectivity index (χ0n) is 15.0. The van der Waals surface area contributed by atoms with Gasteiger partial charge in [0, 0.05) is 5.92 Å². The van der Waals surface area contributed by atoms with Crippen LogP contribution in [0.25, 0.3) is 11.1 Å². The molecule has 0 fully saturated rings. The molecule has 0 aromatic heterocycles. The summed E-state index contributed by atoms with van der Waals surface area (Å²) in [6, 6.07) is 17.9. The molecule has 2 N–H and O–H groups in total. The van der Waals surface area contributed by atoms with Gasteiger partial charge in [-0.2, -0.15) is 0 Å². The second-order valence-electron chi connectivity index (χ2n) is 6.58. The van der Waals surface area contributed by atoms with E-state index in [2.05, 4.69) is 21.2 Å². The highest BCUT2D eigenvalue weighted by atomic mass is 79.9. The van der Waals surface area contributed by atoms with Gasteiger partial charge >= 0.3 is 12.1 Å². The largest absolute Gasteiger partial charge is 0.478 e. The molecule has 5 nitrogen and oxygen atoms in total. The van der Waals surface area contributed by atoms with Gasteiger partial charge in [-0.1, -0.05) is 48.5 Å². The van der Waals surface area contributed by atoms with Crippen LogP contribution < -0.4 is 5.32 Å². The number of anilines is 1. The number of hydrogen-bond donors (Lipinski definition) is 2. The van der Waals surface area contributed by atoms with E-state index in [0.717, 1.165) is 34.4 Å². The Labute approximate surface area is 174 Å². The third-order valence-corrected chi connectivity index (χ3v) is 5.66. The topological polar surface area (TPSA) is 75.6 Å². The summed E-state index contributed by atoms with van der Waals surface area (Å²) < 4.78 is 19.3. The molecule has 4 rings (SSSR count). The van der Waals surface area contributed by atoms with Crippen molar-refractivity contribution in [2.45, 2.75) is 5.92 Å². The van der Waals surface area contributed by atoms with Crippen molar-refractivity contribution in [1.82, 2.24) is 0 Å². The fraction of sp³-hybridized carbons (Fsp3) is 0.0909. The van der Waals surface area contributed by atoms with E-state index in [9.17, 15) is 14.0 Å². The molecule has 0 radical (unpaired) electrons. The lowest BCUT2D eigenvalue weighted by Crippen LogP contribution is -2.18. The standard InChI is InChI=1S/C22H15BrFNO4/c23-20-18(24)9-12(21(26)27)10-19(20)25-22(28)29-11-17-15-7-3-1-5-13(15)14-6-2-4-8-16(14)17/h1-10,17H,11H2,(H,25,28)(H,26,27). The molecule has 3 aromatic carbocycles. The van der Waals surface area contributed by atoms with E-state index in [-0.39, 0.29) is 28.2 Å². The number of hydrogen-bond acceptors (Lipinski definition) is 3. The molecule has 29 heavy (non-hydrogen) atoms. The number of carboxylic acids is 1. The van der Waals surface area contributed by atoms with E-state index in [4.69, 9.17) is 9.84 Å². The number of carbonyl (C=O) groups is 2. The van der Waals surface area contributed by atoms with E-state index in [1.165, 1.54) is 0 Å². The van der Waals surface area contributed by atoms with E-state index >= 15 is 0 Å². The maximum absolute atomic E-state index is 13.9. The average Bonchev–Trinajstić information content (AvgIpc) is 3.03. The van der Waals surface area contributed by atoms with Crippen molar-refractivity contribution in [3.63, 3.8) is 0 Å². The van der Waals surface area contributed by atoms with Crippen molar-refractivity contribution in [2.24, 2.45) is 0 Å². The van der Waals surface area contributed by atoms with E-state index in [1.54, 1.807) is 0 Å². The molecule has 0 saturated carbocycles. The van der Waals surface area contributed by atoms with Gasteiger partial charge in [0.05, 0.1) is 15.7 Å². The lowest BCUT2D eigenvalue weighted by atomic mass is 9.98. The van der Waals surface area contributed by atoms with Crippen molar-refractivity contribution >= 4 is 33.7 Å². The zero-order valence-corrected chi connectivity index (χ0v) is 16.6. The number of carboxylic acid groups (broad SMARTS) is 1. The number of rotatable bonds is 4. The van der Waals surface area contributed by atoms with Gasteiger partial charge in [0.25, 0.3) is 0 Å². The van der Waals surface area contributed by atoms with Crippen LogP contribution in [0.3, 0.4) is 0 Å². The highest BCUT2D eigenvalue weighted by Gasteiger charge is 2.29. The highest BCUT2D eigenvalue weighted by molar-refractivity contribution is 9.10. The van der Waals surface area contributed by atoms with Crippen molar-refractivity contribution < 1.29 is 23.8 Å². The van der Waals surface area contributed by atoms with E-state index in [0.29, 0.717) is 0 Å². The van der Waals surface area contributed by atoms with Crippen LogP contribution >= 0.6 is 15.9 Å². The van der Waals surface area contributed by atoms with Gasteiger partial charge in [-0.15, -0.1) is 0 Å². The molecule has 1 aliphatic carbocycles. The Morgan fingerprint density at radius 1 is 1.03 bits per heavy atom. The summed E-state index contributed by atoms with van der Waals surface area (Å²) in [4.78, 5) is 23.4. The van der Waals surface area contributed by atoms with Gasteiger partial charge in [0.15, 0.2) is 0 Å². The normalized spacial score (nSPS) is 12.2. The van der Waals surface area contributed by atoms with Crippen LogP contribution in [-0.4, -0.2) is 23.8 Å². The van der Waals surface area contributed by atoms with Gasteiger partial charge in [0.2, 0.25) is 0 Å². The lowest BCUT2D eigenvalue weighted by Gasteiger charge is -2.15. The van der Waals surface area contributed by atoms with E-state index < -0.39 is 17.9 Å². The van der Waals surface area contributed by atoms with Crippen molar-refractivity contribution in [3.8, 4) is 11.1 Å². The molecule has 0 heterocycles. The first-order valence-electron chi connectivity index (χ1n) is 8.80. The molecule has 1 amide bonds. The number of amides is 1. The average molecular weight is 456 g/mol. The Bertz CT molecular complexity index is 1090. The summed E-state index contributed by atoms with van der Waals surface area (Å²) in [5, 5.41) is 11.5. The SMILES string of the molecule is O=C(Nc1cc(C(=O)O)cc(F)c1Br)OCC1c2ccccc2-c2ccccc21.